The number of carboxylic acid groups (broad SMARTS) is 1. The second-order valence-electron chi connectivity index (χ2n) is 5.66. The molecule has 2 fully saturated rings. The number of methoxy groups -OCH3 is 1. The number of carboxylic acids is 1. The highest BCUT2D eigenvalue weighted by Crippen LogP contribution is 2.32. The molecule has 1 saturated heterocycles. The largest absolute Gasteiger partial charge is 0.490 e. The molecule has 136 valence electrons. The van der Waals surface area contributed by atoms with Crippen molar-refractivity contribution in [3.05, 3.63) is 22.4 Å². The van der Waals surface area contributed by atoms with Crippen molar-refractivity contribution in [1.82, 2.24) is 4.90 Å². The van der Waals surface area contributed by atoms with Crippen LogP contribution in [0.3, 0.4) is 0 Å². The monoisotopic (exact) mass is 367 g/mol. The van der Waals surface area contributed by atoms with Gasteiger partial charge in [-0.2, -0.15) is 24.5 Å². The van der Waals surface area contributed by atoms with Gasteiger partial charge >= 0.3 is 12.1 Å². The maximum Gasteiger partial charge on any atom is 0.490 e. The van der Waals surface area contributed by atoms with E-state index in [0.717, 1.165) is 26.1 Å². The van der Waals surface area contributed by atoms with E-state index < -0.39 is 12.1 Å². The Morgan fingerprint density at radius 3 is 2.75 bits per heavy atom. The highest BCUT2D eigenvalue weighted by Gasteiger charge is 2.42. The fraction of sp³-hybridized carbons (Fsp3) is 0.667. The van der Waals surface area contributed by atoms with Crippen molar-refractivity contribution in [3.63, 3.8) is 0 Å². The van der Waals surface area contributed by atoms with Gasteiger partial charge in [0.2, 0.25) is 0 Å². The van der Waals surface area contributed by atoms with Crippen molar-refractivity contribution >= 4 is 17.3 Å². The van der Waals surface area contributed by atoms with Gasteiger partial charge in [0.15, 0.2) is 0 Å². The van der Waals surface area contributed by atoms with Gasteiger partial charge in [-0.25, -0.2) is 4.79 Å². The quantitative estimate of drug-likeness (QED) is 0.890. The zero-order chi connectivity index (χ0) is 17.7. The molecule has 9 heteroatoms. The Balaban J connectivity index is 0.000000256. The molecular weight excluding hydrogens is 347 g/mol. The Bertz CT molecular complexity index is 523. The lowest BCUT2D eigenvalue weighted by molar-refractivity contribution is -0.192. The lowest BCUT2D eigenvalue weighted by Crippen LogP contribution is -2.42. The molecule has 1 aliphatic carbocycles. The first kappa shape index (κ1) is 19.2. The highest BCUT2D eigenvalue weighted by atomic mass is 32.1. The van der Waals surface area contributed by atoms with Crippen LogP contribution in [0.15, 0.2) is 16.8 Å². The van der Waals surface area contributed by atoms with E-state index in [2.05, 4.69) is 21.7 Å². The zero-order valence-electron chi connectivity index (χ0n) is 13.2. The Kier molecular flexibility index (Phi) is 6.62. The third kappa shape index (κ3) is 4.92. The number of alkyl halides is 3. The molecule has 1 aromatic heterocycles. The fourth-order valence-electron chi connectivity index (χ4n) is 3.09. The summed E-state index contributed by atoms with van der Waals surface area (Å²) in [6.07, 6.45) is -2.16. The van der Waals surface area contributed by atoms with Gasteiger partial charge in [0.25, 0.3) is 0 Å². The zero-order valence-corrected chi connectivity index (χ0v) is 14.0. The summed E-state index contributed by atoms with van der Waals surface area (Å²) in [5.41, 5.74) is 1.41. The second-order valence-corrected chi connectivity index (χ2v) is 6.44. The van der Waals surface area contributed by atoms with E-state index in [1.165, 1.54) is 12.0 Å². The van der Waals surface area contributed by atoms with E-state index in [9.17, 15) is 13.2 Å². The minimum Gasteiger partial charge on any atom is -0.475 e. The number of hydrogen-bond donors (Lipinski definition) is 1. The van der Waals surface area contributed by atoms with Crippen LogP contribution >= 0.6 is 11.3 Å². The van der Waals surface area contributed by atoms with Crippen LogP contribution in [-0.2, 0) is 20.8 Å². The summed E-state index contributed by atoms with van der Waals surface area (Å²) in [6, 6.07) is 2.75. The molecule has 3 unspecified atom stereocenters. The molecule has 5 nitrogen and oxygen atoms in total. The minimum absolute atomic E-state index is 0.260. The molecule has 3 rings (SSSR count). The summed E-state index contributed by atoms with van der Waals surface area (Å²) < 4.78 is 43.3. The lowest BCUT2D eigenvalue weighted by Gasteiger charge is -2.30. The van der Waals surface area contributed by atoms with E-state index in [0.29, 0.717) is 12.1 Å². The van der Waals surface area contributed by atoms with Gasteiger partial charge in [0, 0.05) is 26.2 Å². The van der Waals surface area contributed by atoms with Crippen molar-refractivity contribution in [2.45, 2.75) is 43.8 Å². The number of carbonyl (C=O) groups is 1. The maximum atomic E-state index is 10.6. The minimum atomic E-state index is -5.08. The van der Waals surface area contributed by atoms with Gasteiger partial charge in [-0.1, -0.05) is 0 Å². The highest BCUT2D eigenvalue weighted by molar-refractivity contribution is 7.07. The summed E-state index contributed by atoms with van der Waals surface area (Å²) in [7, 11) is 1.81. The molecule has 2 heterocycles. The SMILES string of the molecule is COC1C2CCC1N(Cc1ccsc1)CCO2.O=C(O)C(F)(F)F. The van der Waals surface area contributed by atoms with Gasteiger partial charge in [0.1, 0.15) is 0 Å². The predicted octanol–water partition coefficient (Wildman–Crippen LogP) is 2.76. The van der Waals surface area contributed by atoms with Gasteiger partial charge in [-0.05, 0) is 35.2 Å². The van der Waals surface area contributed by atoms with Crippen molar-refractivity contribution in [2.75, 3.05) is 20.3 Å². The topological polar surface area (TPSA) is 59.0 Å². The third-order valence-corrected chi connectivity index (χ3v) is 4.88. The molecule has 24 heavy (non-hydrogen) atoms. The third-order valence-electron chi connectivity index (χ3n) is 4.15. The summed E-state index contributed by atoms with van der Waals surface area (Å²) in [4.78, 5) is 11.4. The maximum absolute atomic E-state index is 10.6. The van der Waals surface area contributed by atoms with Crippen LogP contribution in [0.5, 0.6) is 0 Å². The first-order valence-corrected chi connectivity index (χ1v) is 8.47. The number of aliphatic carboxylic acids is 1. The summed E-state index contributed by atoms with van der Waals surface area (Å²) in [5.74, 6) is -2.76. The van der Waals surface area contributed by atoms with Crippen LogP contribution in [0.25, 0.3) is 0 Å². The molecule has 0 radical (unpaired) electrons. The Hall–Kier alpha value is -1.16. The van der Waals surface area contributed by atoms with Crippen molar-refractivity contribution in [1.29, 1.82) is 0 Å². The predicted molar refractivity (Wildman–Crippen MR) is 82.0 cm³/mol. The number of halogens is 3. The van der Waals surface area contributed by atoms with Gasteiger partial charge < -0.3 is 14.6 Å². The normalized spacial score (nSPS) is 27.2. The number of ether oxygens (including phenoxy) is 2. The number of rotatable bonds is 3. The van der Waals surface area contributed by atoms with Gasteiger partial charge in [0.05, 0.1) is 18.8 Å². The van der Waals surface area contributed by atoms with Crippen molar-refractivity contribution in [3.8, 4) is 0 Å². The molecular formula is C15H20F3NO4S. The molecule has 2 bridgehead atoms. The molecule has 0 aromatic carbocycles. The molecule has 1 aliphatic heterocycles. The van der Waals surface area contributed by atoms with Crippen LogP contribution in [-0.4, -0.2) is 60.7 Å². The molecule has 1 aromatic rings. The fourth-order valence-corrected chi connectivity index (χ4v) is 3.75. The van der Waals surface area contributed by atoms with Gasteiger partial charge in [-0.15, -0.1) is 0 Å². The Labute approximate surface area is 142 Å². The van der Waals surface area contributed by atoms with Gasteiger partial charge in [-0.3, -0.25) is 4.90 Å². The summed E-state index contributed by atoms with van der Waals surface area (Å²) in [5, 5.41) is 11.5. The number of thiophene rings is 1. The average molecular weight is 367 g/mol. The number of hydrogen-bond acceptors (Lipinski definition) is 5. The smallest absolute Gasteiger partial charge is 0.475 e. The lowest BCUT2D eigenvalue weighted by atomic mass is 10.1. The van der Waals surface area contributed by atoms with E-state index in [4.69, 9.17) is 19.4 Å². The van der Waals surface area contributed by atoms with E-state index >= 15 is 0 Å². The van der Waals surface area contributed by atoms with Crippen LogP contribution in [0.2, 0.25) is 0 Å². The summed E-state index contributed by atoms with van der Waals surface area (Å²) in [6.45, 7) is 2.89. The molecule has 3 atom stereocenters. The molecule has 0 amide bonds. The number of nitrogens with zero attached hydrogens (tertiary/aromatic N) is 1. The second kappa shape index (κ2) is 8.28. The molecule has 1 N–H and O–H groups in total. The Morgan fingerprint density at radius 2 is 2.21 bits per heavy atom. The average Bonchev–Trinajstić information content (AvgIpc) is 3.09. The molecule has 0 spiro atoms. The molecule has 1 saturated carbocycles. The van der Waals surface area contributed by atoms with Crippen LogP contribution < -0.4 is 0 Å². The molecule has 2 aliphatic rings. The van der Waals surface area contributed by atoms with Crippen LogP contribution in [0.1, 0.15) is 18.4 Å². The number of fused-ring (bicyclic) bond motifs is 2. The standard InChI is InChI=1S/C13H19NO2S.C2HF3O2/c1-15-13-11-2-3-12(13)16-6-5-14(11)8-10-4-7-17-9-10;3-2(4,5)1(6)7/h4,7,9,11-13H,2-3,5-6,8H2,1H3;(H,6,7). The Morgan fingerprint density at radius 1 is 1.50 bits per heavy atom. The van der Waals surface area contributed by atoms with E-state index in [-0.39, 0.29) is 6.10 Å². The van der Waals surface area contributed by atoms with E-state index in [1.807, 2.05) is 7.11 Å². The van der Waals surface area contributed by atoms with Crippen LogP contribution in [0.4, 0.5) is 13.2 Å². The summed E-state index contributed by atoms with van der Waals surface area (Å²) >= 11 is 1.77. The first-order chi connectivity index (χ1) is 11.3. The van der Waals surface area contributed by atoms with Crippen LogP contribution in [0, 0.1) is 0 Å². The van der Waals surface area contributed by atoms with Crippen molar-refractivity contribution < 1.29 is 32.5 Å². The first-order valence-electron chi connectivity index (χ1n) is 7.52. The van der Waals surface area contributed by atoms with Crippen molar-refractivity contribution in [2.24, 2.45) is 0 Å². The van der Waals surface area contributed by atoms with E-state index in [1.54, 1.807) is 11.3 Å².